The lowest BCUT2D eigenvalue weighted by Crippen LogP contribution is -2.06. The molecule has 7 heteroatoms. The van der Waals surface area contributed by atoms with Crippen LogP contribution in [-0.4, -0.2) is 30.8 Å². The van der Waals surface area contributed by atoms with Crippen LogP contribution in [0.1, 0.15) is 22.5 Å². The molecule has 0 aliphatic rings. The molecular formula is C21H19BrN4O2. The van der Waals surface area contributed by atoms with Crippen molar-refractivity contribution < 1.29 is 9.90 Å². The first-order valence-electron chi connectivity index (χ1n) is 8.90. The van der Waals surface area contributed by atoms with Crippen molar-refractivity contribution in [3.8, 4) is 11.4 Å². The molecule has 2 heterocycles. The molecule has 0 fully saturated rings. The highest BCUT2D eigenvalue weighted by molar-refractivity contribution is 9.10. The van der Waals surface area contributed by atoms with Gasteiger partial charge in [0, 0.05) is 21.3 Å². The Bertz CT molecular complexity index is 1180. The minimum Gasteiger partial charge on any atom is -0.481 e. The van der Waals surface area contributed by atoms with Gasteiger partial charge in [-0.15, -0.1) is 0 Å². The second kappa shape index (κ2) is 7.24. The summed E-state index contributed by atoms with van der Waals surface area (Å²) in [6, 6.07) is 14.1. The van der Waals surface area contributed by atoms with Crippen LogP contribution in [0.3, 0.4) is 0 Å². The van der Waals surface area contributed by atoms with Crippen molar-refractivity contribution in [2.24, 2.45) is 0 Å². The Labute approximate surface area is 170 Å². The number of nitrogens with one attached hydrogen (secondary N) is 1. The molecule has 0 aliphatic heterocycles. The number of carbonyl (C=O) groups is 1. The lowest BCUT2D eigenvalue weighted by molar-refractivity contribution is -0.136. The number of halogens is 1. The van der Waals surface area contributed by atoms with Gasteiger partial charge in [-0.2, -0.15) is 5.10 Å². The number of hydrogen-bond acceptors (Lipinski definition) is 3. The maximum absolute atomic E-state index is 11.0. The van der Waals surface area contributed by atoms with Gasteiger partial charge in [-0.3, -0.25) is 9.48 Å². The Morgan fingerprint density at radius 3 is 2.64 bits per heavy atom. The van der Waals surface area contributed by atoms with Gasteiger partial charge in [0.1, 0.15) is 5.82 Å². The van der Waals surface area contributed by atoms with Crippen LogP contribution < -0.4 is 0 Å². The van der Waals surface area contributed by atoms with E-state index in [2.05, 4.69) is 31.0 Å². The summed E-state index contributed by atoms with van der Waals surface area (Å²) in [7, 11) is 0. The Balaban J connectivity index is 1.57. The molecule has 0 aliphatic carbocycles. The lowest BCUT2D eigenvalue weighted by Gasteiger charge is -2.06. The fourth-order valence-electron chi connectivity index (χ4n) is 3.35. The molecule has 0 saturated carbocycles. The van der Waals surface area contributed by atoms with Crippen molar-refractivity contribution in [1.29, 1.82) is 0 Å². The summed E-state index contributed by atoms with van der Waals surface area (Å²) in [5.74, 6) is -0.0116. The number of H-pyrrole nitrogens is 1. The number of imidazole rings is 1. The molecule has 0 atom stereocenters. The molecule has 0 spiro atoms. The van der Waals surface area contributed by atoms with Gasteiger partial charge in [-0.1, -0.05) is 40.2 Å². The SMILES string of the molecule is Cc1nn(Cc2ccc(-c3nc4ccc(Br)cc4[nH]3)cc2)c(C)c1CC(=O)O. The monoisotopic (exact) mass is 438 g/mol. The van der Waals surface area contributed by atoms with E-state index >= 15 is 0 Å². The van der Waals surface area contributed by atoms with Gasteiger partial charge in [0.05, 0.1) is 29.7 Å². The normalized spacial score (nSPS) is 11.2. The molecule has 0 amide bonds. The van der Waals surface area contributed by atoms with Gasteiger partial charge in [0.25, 0.3) is 0 Å². The number of hydrogen-bond donors (Lipinski definition) is 2. The van der Waals surface area contributed by atoms with E-state index in [4.69, 9.17) is 5.11 Å². The minimum atomic E-state index is -0.840. The summed E-state index contributed by atoms with van der Waals surface area (Å²) in [5.41, 5.74) is 6.47. The van der Waals surface area contributed by atoms with E-state index in [1.165, 1.54) is 0 Å². The van der Waals surface area contributed by atoms with Gasteiger partial charge in [0.15, 0.2) is 0 Å². The van der Waals surface area contributed by atoms with Crippen LogP contribution in [0.25, 0.3) is 22.4 Å². The zero-order chi connectivity index (χ0) is 19.8. The van der Waals surface area contributed by atoms with Crippen LogP contribution in [0.2, 0.25) is 0 Å². The lowest BCUT2D eigenvalue weighted by atomic mass is 10.1. The maximum Gasteiger partial charge on any atom is 0.307 e. The van der Waals surface area contributed by atoms with Crippen LogP contribution >= 0.6 is 15.9 Å². The fraction of sp³-hybridized carbons (Fsp3) is 0.190. The number of aromatic amines is 1. The fourth-order valence-corrected chi connectivity index (χ4v) is 3.72. The van der Waals surface area contributed by atoms with E-state index in [0.717, 1.165) is 49.4 Å². The van der Waals surface area contributed by atoms with Gasteiger partial charge in [0.2, 0.25) is 0 Å². The number of rotatable bonds is 5. The van der Waals surface area contributed by atoms with Crippen LogP contribution in [0, 0.1) is 13.8 Å². The molecule has 2 aromatic carbocycles. The molecule has 2 aromatic heterocycles. The molecule has 142 valence electrons. The molecule has 4 rings (SSSR count). The minimum absolute atomic E-state index is 0.00122. The number of carboxylic acid groups (broad SMARTS) is 1. The van der Waals surface area contributed by atoms with Crippen molar-refractivity contribution in [3.63, 3.8) is 0 Å². The summed E-state index contributed by atoms with van der Waals surface area (Å²) in [4.78, 5) is 19.0. The van der Waals surface area contributed by atoms with Gasteiger partial charge < -0.3 is 10.1 Å². The Morgan fingerprint density at radius 2 is 1.93 bits per heavy atom. The number of aliphatic carboxylic acids is 1. The molecule has 0 unspecified atom stereocenters. The van der Waals surface area contributed by atoms with Gasteiger partial charge in [-0.05, 0) is 37.6 Å². The van der Waals surface area contributed by atoms with Gasteiger partial charge in [-0.25, -0.2) is 4.98 Å². The largest absolute Gasteiger partial charge is 0.481 e. The number of fused-ring (bicyclic) bond motifs is 1. The predicted molar refractivity (Wildman–Crippen MR) is 111 cm³/mol. The van der Waals surface area contributed by atoms with Crippen LogP contribution in [-0.2, 0) is 17.8 Å². The highest BCUT2D eigenvalue weighted by atomic mass is 79.9. The van der Waals surface area contributed by atoms with E-state index in [9.17, 15) is 4.79 Å². The quantitative estimate of drug-likeness (QED) is 0.480. The molecule has 2 N–H and O–H groups in total. The number of benzene rings is 2. The second-order valence-electron chi connectivity index (χ2n) is 6.82. The van der Waals surface area contributed by atoms with E-state index in [1.54, 1.807) is 0 Å². The molecule has 4 aromatic rings. The molecule has 28 heavy (non-hydrogen) atoms. The van der Waals surface area contributed by atoms with Crippen molar-refractivity contribution in [2.75, 3.05) is 0 Å². The molecule has 0 radical (unpaired) electrons. The van der Waals surface area contributed by atoms with E-state index in [0.29, 0.717) is 6.54 Å². The highest BCUT2D eigenvalue weighted by Gasteiger charge is 2.14. The first kappa shape index (κ1) is 18.4. The Morgan fingerprint density at radius 1 is 1.18 bits per heavy atom. The number of nitrogens with zero attached hydrogens (tertiary/aromatic N) is 3. The van der Waals surface area contributed by atoms with E-state index in [1.807, 2.05) is 61.0 Å². The van der Waals surface area contributed by atoms with E-state index in [-0.39, 0.29) is 6.42 Å². The summed E-state index contributed by atoms with van der Waals surface area (Å²) < 4.78 is 2.87. The number of carboxylic acids is 1. The summed E-state index contributed by atoms with van der Waals surface area (Å²) in [5, 5.41) is 13.6. The average Bonchev–Trinajstić information content (AvgIpc) is 3.18. The van der Waals surface area contributed by atoms with Gasteiger partial charge >= 0.3 is 5.97 Å². The first-order chi connectivity index (χ1) is 13.4. The third-order valence-corrected chi connectivity index (χ3v) is 5.36. The highest BCUT2D eigenvalue weighted by Crippen LogP contribution is 2.24. The number of aryl methyl sites for hydroxylation is 1. The van der Waals surface area contributed by atoms with E-state index < -0.39 is 5.97 Å². The standard InChI is InChI=1S/C21H19BrN4O2/c1-12-17(10-20(27)28)13(2)26(25-12)11-14-3-5-15(6-4-14)21-23-18-8-7-16(22)9-19(18)24-21/h3-9H,10-11H2,1-2H3,(H,23,24)(H,27,28). The van der Waals surface area contributed by atoms with Crippen LogP contribution in [0.15, 0.2) is 46.9 Å². The van der Waals surface area contributed by atoms with Crippen LogP contribution in [0.5, 0.6) is 0 Å². The molecular weight excluding hydrogens is 420 g/mol. The predicted octanol–water partition coefficient (Wildman–Crippen LogP) is 4.48. The molecule has 6 nitrogen and oxygen atoms in total. The van der Waals surface area contributed by atoms with Crippen LogP contribution in [0.4, 0.5) is 0 Å². The topological polar surface area (TPSA) is 83.8 Å². The second-order valence-corrected chi connectivity index (χ2v) is 7.74. The summed E-state index contributed by atoms with van der Waals surface area (Å²) in [6.07, 6.45) is -0.00122. The maximum atomic E-state index is 11.0. The van der Waals surface area contributed by atoms with Crippen molar-refractivity contribution in [1.82, 2.24) is 19.7 Å². The number of aromatic nitrogens is 4. The van der Waals surface area contributed by atoms with Crippen molar-refractivity contribution in [3.05, 3.63) is 69.5 Å². The zero-order valence-electron chi connectivity index (χ0n) is 15.5. The molecule has 0 bridgehead atoms. The van der Waals surface area contributed by atoms with Crippen molar-refractivity contribution in [2.45, 2.75) is 26.8 Å². The third-order valence-electron chi connectivity index (χ3n) is 4.86. The molecule has 0 saturated heterocycles. The zero-order valence-corrected chi connectivity index (χ0v) is 17.1. The third kappa shape index (κ3) is 3.57. The summed E-state index contributed by atoms with van der Waals surface area (Å²) >= 11 is 3.48. The average molecular weight is 439 g/mol. The Kier molecular flexibility index (Phi) is 4.77. The smallest absolute Gasteiger partial charge is 0.307 e. The van der Waals surface area contributed by atoms with Crippen molar-refractivity contribution >= 4 is 32.9 Å². The summed E-state index contributed by atoms with van der Waals surface area (Å²) in [6.45, 7) is 4.36. The Hall–Kier alpha value is -2.93. The first-order valence-corrected chi connectivity index (χ1v) is 9.69.